The zero-order valence-electron chi connectivity index (χ0n) is 29.2. The van der Waals surface area contributed by atoms with Crippen LogP contribution in [0.3, 0.4) is 0 Å². The molecule has 0 amide bonds. The van der Waals surface area contributed by atoms with Gasteiger partial charge in [0, 0.05) is 36.3 Å². The molecule has 0 spiro atoms. The van der Waals surface area contributed by atoms with Gasteiger partial charge in [0.25, 0.3) is 0 Å². The minimum atomic E-state index is -4.97. The number of carbonyl (C=O) groups is 3. The monoisotopic (exact) mass is 706 g/mol. The van der Waals surface area contributed by atoms with E-state index in [2.05, 4.69) is 9.98 Å². The first-order valence-electron chi connectivity index (χ1n) is 16.0. The predicted molar refractivity (Wildman–Crippen MR) is 185 cm³/mol. The number of aromatic amines is 1. The van der Waals surface area contributed by atoms with E-state index in [1.165, 1.54) is 27.2 Å². The van der Waals surface area contributed by atoms with E-state index >= 15 is 0 Å². The number of hydrogen-bond acceptors (Lipinski definition) is 10. The minimum absolute atomic E-state index is 0.0340. The van der Waals surface area contributed by atoms with Gasteiger partial charge >= 0.3 is 24.1 Å². The number of carbonyl (C=O) groups excluding carboxylic acids is 3. The molecule has 4 aliphatic heterocycles. The molecule has 1 atom stereocenters. The molecule has 11 nitrogen and oxygen atoms in total. The third kappa shape index (κ3) is 7.35. The van der Waals surface area contributed by atoms with E-state index in [0.717, 1.165) is 24.3 Å². The average molecular weight is 707 g/mol. The van der Waals surface area contributed by atoms with Crippen molar-refractivity contribution >= 4 is 53.5 Å². The number of fused-ring (bicyclic) bond motifs is 5. The number of allylic oxidation sites excluding steroid dienone is 7. The summed E-state index contributed by atoms with van der Waals surface area (Å²) in [6.07, 6.45) is 0.369. The van der Waals surface area contributed by atoms with E-state index < -0.39 is 30.2 Å². The normalized spacial score (nSPS) is 18.1. The Labute approximate surface area is 291 Å². The molecular formula is C37H37F3N4O7. The Morgan fingerprint density at radius 3 is 1.96 bits per heavy atom. The molecular weight excluding hydrogens is 669 g/mol. The predicted octanol–water partition coefficient (Wildman–Crippen LogP) is 5.24. The van der Waals surface area contributed by atoms with Gasteiger partial charge in [-0.15, -0.1) is 0 Å². The summed E-state index contributed by atoms with van der Waals surface area (Å²) < 4.78 is 58.3. The van der Waals surface area contributed by atoms with Gasteiger partial charge in [0.2, 0.25) is 6.10 Å². The second-order valence-electron chi connectivity index (χ2n) is 12.3. The standard InChI is InChI=1S/C37H37F3N4O7/c1-17-22(8-10-33(47)49-6)29-15-30-23(9-11-34(48)50-7)18(2)26(42-30)13-31-24(16-45)19(3)27(43-31)14-32-35(36(37(38,39)40)51-21(5)46)20(4)28(44-32)12-25(17)41-29/h12-16,36,43,45H,8-11H2,1-7H3. The van der Waals surface area contributed by atoms with E-state index in [1.807, 2.05) is 6.92 Å². The molecule has 2 N–H and O–H groups in total. The zero-order chi connectivity index (χ0) is 37.4. The van der Waals surface area contributed by atoms with Crippen LogP contribution in [0.15, 0.2) is 77.7 Å². The van der Waals surface area contributed by atoms with Crippen molar-refractivity contribution in [1.82, 2.24) is 4.98 Å². The number of ether oxygens (including phenoxy) is 3. The van der Waals surface area contributed by atoms with E-state index in [0.29, 0.717) is 62.2 Å². The van der Waals surface area contributed by atoms with Crippen LogP contribution in [0.2, 0.25) is 0 Å². The largest absolute Gasteiger partial charge is 0.515 e. The lowest BCUT2D eigenvalue weighted by atomic mass is 9.96. The number of H-pyrrole nitrogens is 1. The van der Waals surface area contributed by atoms with Crippen LogP contribution in [0.25, 0.3) is 18.4 Å². The molecule has 0 aromatic carbocycles. The highest BCUT2D eigenvalue weighted by atomic mass is 19.4. The van der Waals surface area contributed by atoms with Gasteiger partial charge in [-0.3, -0.25) is 14.4 Å². The van der Waals surface area contributed by atoms with Crippen molar-refractivity contribution in [3.8, 4) is 0 Å². The van der Waals surface area contributed by atoms with Crippen LogP contribution in [0.4, 0.5) is 13.2 Å². The summed E-state index contributed by atoms with van der Waals surface area (Å²) in [5, 5.41) is 11.1. The Kier molecular flexibility index (Phi) is 10.4. The molecule has 0 saturated heterocycles. The highest BCUT2D eigenvalue weighted by molar-refractivity contribution is 6.24. The van der Waals surface area contributed by atoms with Gasteiger partial charge in [-0.1, -0.05) is 0 Å². The number of halogens is 3. The first-order valence-corrected chi connectivity index (χ1v) is 16.0. The fraction of sp³-hybridized carbons (Fsp3) is 0.351. The third-order valence-corrected chi connectivity index (χ3v) is 9.14. The van der Waals surface area contributed by atoms with Crippen LogP contribution >= 0.6 is 0 Å². The van der Waals surface area contributed by atoms with Crippen LogP contribution in [0, 0.1) is 6.92 Å². The first kappa shape index (κ1) is 36.7. The summed E-state index contributed by atoms with van der Waals surface area (Å²) in [6.45, 7) is 7.69. The average Bonchev–Trinajstić information content (AvgIpc) is 3.73. The van der Waals surface area contributed by atoms with E-state index in [4.69, 9.17) is 24.2 Å². The maximum Gasteiger partial charge on any atom is 0.429 e. The Balaban J connectivity index is 1.83. The van der Waals surface area contributed by atoms with Gasteiger partial charge in [0.05, 0.1) is 60.1 Å². The van der Waals surface area contributed by atoms with Gasteiger partial charge in [-0.25, -0.2) is 15.0 Å². The molecule has 0 saturated carbocycles. The van der Waals surface area contributed by atoms with Crippen LogP contribution in [0.1, 0.15) is 64.6 Å². The van der Waals surface area contributed by atoms with Crippen molar-refractivity contribution in [2.45, 2.75) is 72.6 Å². The number of aromatic nitrogens is 1. The number of nitrogens with one attached hydrogen (secondary N) is 1. The summed E-state index contributed by atoms with van der Waals surface area (Å²) in [5.74, 6) is -1.97. The number of aliphatic imine (C=N–C) groups is 3. The highest BCUT2D eigenvalue weighted by Crippen LogP contribution is 2.40. The van der Waals surface area contributed by atoms with Crippen LogP contribution < -0.4 is 10.6 Å². The summed E-state index contributed by atoms with van der Waals surface area (Å²) in [5.41, 5.74) is 5.41. The fourth-order valence-corrected chi connectivity index (χ4v) is 6.32. The topological polar surface area (TPSA) is 152 Å². The number of hydrogen-bond donors (Lipinski definition) is 2. The SMILES string of the molecule is COC(=O)CCC1=C(C)C2=NC1=CC1=NC(=CC3=NC(=Cc4[nH]c(c(=CO)c4C)=C2)C(C(OC(C)=O)C(F)(F)F)=C3C)C(C)=C1CCC(=O)OC. The number of rotatable bonds is 8. The lowest BCUT2D eigenvalue weighted by Gasteiger charge is -2.22. The highest BCUT2D eigenvalue weighted by Gasteiger charge is 2.48. The van der Waals surface area contributed by atoms with Gasteiger partial charge < -0.3 is 24.3 Å². The Morgan fingerprint density at radius 2 is 1.37 bits per heavy atom. The molecule has 14 heteroatoms. The summed E-state index contributed by atoms with van der Waals surface area (Å²) >= 11 is 0. The molecule has 0 aliphatic carbocycles. The van der Waals surface area contributed by atoms with Crippen molar-refractivity contribution in [2.75, 3.05) is 14.2 Å². The Bertz CT molecular complexity index is 2150. The molecule has 1 aromatic heterocycles. The third-order valence-electron chi connectivity index (χ3n) is 9.14. The number of aliphatic hydroxyl groups excluding tert-OH is 1. The molecule has 5 rings (SSSR count). The number of aliphatic hydroxyl groups is 1. The lowest BCUT2D eigenvalue weighted by molar-refractivity contribution is -0.209. The van der Waals surface area contributed by atoms with Gasteiger partial charge in [-0.2, -0.15) is 13.2 Å². The molecule has 268 valence electrons. The number of methoxy groups -OCH3 is 2. The van der Waals surface area contributed by atoms with E-state index in [-0.39, 0.29) is 41.8 Å². The van der Waals surface area contributed by atoms with Crippen LogP contribution in [0.5, 0.6) is 0 Å². The number of nitrogens with zero attached hydrogens (tertiary/aromatic N) is 3. The lowest BCUT2D eigenvalue weighted by Crippen LogP contribution is -2.35. The Morgan fingerprint density at radius 1 is 0.804 bits per heavy atom. The van der Waals surface area contributed by atoms with E-state index in [1.54, 1.807) is 32.1 Å². The summed E-state index contributed by atoms with van der Waals surface area (Å²) in [4.78, 5) is 53.8. The molecule has 1 aromatic rings. The maximum atomic E-state index is 14.6. The number of esters is 3. The minimum Gasteiger partial charge on any atom is -0.515 e. The molecule has 51 heavy (non-hydrogen) atoms. The van der Waals surface area contributed by atoms with Crippen molar-refractivity contribution in [3.05, 3.63) is 84.5 Å². The van der Waals surface area contributed by atoms with Crippen molar-refractivity contribution in [1.29, 1.82) is 0 Å². The molecule has 0 radical (unpaired) electrons. The molecule has 5 heterocycles. The number of alkyl halides is 3. The smallest absolute Gasteiger partial charge is 0.429 e. The quantitative estimate of drug-likeness (QED) is 0.277. The van der Waals surface area contributed by atoms with Gasteiger partial charge in [0.1, 0.15) is 0 Å². The second-order valence-corrected chi connectivity index (χ2v) is 12.3. The van der Waals surface area contributed by atoms with Crippen LogP contribution in [-0.4, -0.2) is 71.6 Å². The molecule has 4 aliphatic rings. The molecule has 0 fully saturated rings. The molecule has 1 unspecified atom stereocenters. The van der Waals surface area contributed by atoms with Gasteiger partial charge in [-0.05, 0) is 98.3 Å². The van der Waals surface area contributed by atoms with Gasteiger partial charge in [0.15, 0.2) is 0 Å². The van der Waals surface area contributed by atoms with Crippen molar-refractivity contribution < 1.29 is 46.9 Å². The summed E-state index contributed by atoms with van der Waals surface area (Å²) in [7, 11) is 2.59. The fourth-order valence-electron chi connectivity index (χ4n) is 6.32. The second kappa shape index (κ2) is 14.4. The molecule has 8 bridgehead atoms. The maximum absolute atomic E-state index is 14.6. The van der Waals surface area contributed by atoms with Crippen molar-refractivity contribution in [3.63, 3.8) is 0 Å². The first-order chi connectivity index (χ1) is 24.1. The van der Waals surface area contributed by atoms with Crippen molar-refractivity contribution in [2.24, 2.45) is 15.0 Å². The summed E-state index contributed by atoms with van der Waals surface area (Å²) in [6, 6.07) is 0. The van der Waals surface area contributed by atoms with E-state index in [9.17, 15) is 32.7 Å². The van der Waals surface area contributed by atoms with Crippen LogP contribution in [-0.2, 0) is 28.6 Å². The Hall–Kier alpha value is -5.53. The zero-order valence-corrected chi connectivity index (χ0v) is 29.2.